The molecule has 21 heavy (non-hydrogen) atoms. The van der Waals surface area contributed by atoms with Gasteiger partial charge in [-0.3, -0.25) is 0 Å². The highest BCUT2D eigenvalue weighted by atomic mass is 16.5. The van der Waals surface area contributed by atoms with Crippen molar-refractivity contribution in [2.75, 3.05) is 32.8 Å². The quantitative estimate of drug-likeness (QED) is 0.938. The van der Waals surface area contributed by atoms with Crippen LogP contribution in [0.4, 0.5) is 4.79 Å². The van der Waals surface area contributed by atoms with Gasteiger partial charge in [0.15, 0.2) is 0 Å². The highest BCUT2D eigenvalue weighted by molar-refractivity contribution is 5.81. The van der Waals surface area contributed by atoms with Crippen LogP contribution in [0.25, 0.3) is 10.9 Å². The molecule has 1 aliphatic heterocycles. The van der Waals surface area contributed by atoms with Gasteiger partial charge in [0.2, 0.25) is 0 Å². The molecule has 0 aliphatic carbocycles. The zero-order valence-corrected chi connectivity index (χ0v) is 12.3. The molecule has 0 saturated carbocycles. The Hall–Kier alpha value is -2.01. The van der Waals surface area contributed by atoms with E-state index in [1.165, 1.54) is 16.6 Å². The van der Waals surface area contributed by atoms with Crippen molar-refractivity contribution in [2.24, 2.45) is 0 Å². The third kappa shape index (κ3) is 3.03. The third-order valence-corrected chi connectivity index (χ3v) is 3.93. The number of carbonyl (C=O) groups is 1. The second kappa shape index (κ2) is 6.18. The van der Waals surface area contributed by atoms with Crippen LogP contribution in [0.15, 0.2) is 30.3 Å². The molecule has 1 aromatic carbocycles. The highest BCUT2D eigenvalue weighted by Crippen LogP contribution is 2.18. The summed E-state index contributed by atoms with van der Waals surface area (Å²) >= 11 is 0. The van der Waals surface area contributed by atoms with Gasteiger partial charge in [0.25, 0.3) is 0 Å². The largest absolute Gasteiger partial charge is 0.378 e. The molecule has 1 aromatic heterocycles. The molecule has 2 amide bonds. The lowest BCUT2D eigenvalue weighted by atomic mass is 10.2. The molecule has 0 radical (unpaired) electrons. The maximum absolute atomic E-state index is 12.0. The minimum Gasteiger partial charge on any atom is -0.378 e. The number of aryl methyl sites for hydroxylation is 1. The van der Waals surface area contributed by atoms with Gasteiger partial charge in [-0.05, 0) is 24.4 Å². The van der Waals surface area contributed by atoms with Crippen LogP contribution >= 0.6 is 0 Å². The topological polar surface area (TPSA) is 46.5 Å². The van der Waals surface area contributed by atoms with Crippen LogP contribution in [0, 0.1) is 6.92 Å². The maximum atomic E-state index is 12.0. The molecule has 0 unspecified atom stereocenters. The van der Waals surface area contributed by atoms with E-state index in [-0.39, 0.29) is 6.03 Å². The van der Waals surface area contributed by atoms with Crippen molar-refractivity contribution in [1.29, 1.82) is 0 Å². The molecule has 5 heteroatoms. The molecule has 0 atom stereocenters. The highest BCUT2D eigenvalue weighted by Gasteiger charge is 2.16. The van der Waals surface area contributed by atoms with E-state index in [1.807, 2.05) is 17.0 Å². The number of ether oxygens (including phenoxy) is 1. The van der Waals surface area contributed by atoms with Crippen molar-refractivity contribution in [3.8, 4) is 0 Å². The van der Waals surface area contributed by atoms with Crippen molar-refractivity contribution in [1.82, 2.24) is 14.8 Å². The number of aromatic nitrogens is 1. The predicted molar refractivity (Wildman–Crippen MR) is 82.5 cm³/mol. The molecule has 1 N–H and O–H groups in total. The van der Waals surface area contributed by atoms with Gasteiger partial charge < -0.3 is 19.5 Å². The summed E-state index contributed by atoms with van der Waals surface area (Å²) < 4.78 is 7.50. The Morgan fingerprint density at radius 2 is 2.05 bits per heavy atom. The van der Waals surface area contributed by atoms with Gasteiger partial charge in [0, 0.05) is 37.4 Å². The zero-order chi connectivity index (χ0) is 14.7. The molecule has 2 heterocycles. The van der Waals surface area contributed by atoms with Crippen molar-refractivity contribution >= 4 is 16.9 Å². The molecule has 5 nitrogen and oxygen atoms in total. The Morgan fingerprint density at radius 3 is 2.86 bits per heavy atom. The Labute approximate surface area is 124 Å². The van der Waals surface area contributed by atoms with Crippen LogP contribution in [-0.2, 0) is 11.3 Å². The van der Waals surface area contributed by atoms with E-state index in [2.05, 4.69) is 35.0 Å². The first-order valence-corrected chi connectivity index (χ1v) is 7.41. The second-order valence-electron chi connectivity index (χ2n) is 5.33. The second-order valence-corrected chi connectivity index (χ2v) is 5.33. The number of benzene rings is 1. The summed E-state index contributed by atoms with van der Waals surface area (Å²) in [5.74, 6) is 0. The summed E-state index contributed by atoms with van der Waals surface area (Å²) in [6, 6.07) is 10.5. The van der Waals surface area contributed by atoms with E-state index < -0.39 is 0 Å². The number of fused-ring (bicyclic) bond motifs is 1. The van der Waals surface area contributed by atoms with Gasteiger partial charge in [-0.15, -0.1) is 0 Å². The average Bonchev–Trinajstić information content (AvgIpc) is 2.84. The lowest BCUT2D eigenvalue weighted by molar-refractivity contribution is 0.0532. The maximum Gasteiger partial charge on any atom is 0.317 e. The van der Waals surface area contributed by atoms with Gasteiger partial charge in [-0.25, -0.2) is 4.79 Å². The molecule has 1 aliphatic rings. The fraction of sp³-hybridized carbons (Fsp3) is 0.438. The molecule has 0 spiro atoms. The summed E-state index contributed by atoms with van der Waals surface area (Å²) in [4.78, 5) is 13.8. The molecule has 112 valence electrons. The van der Waals surface area contributed by atoms with Crippen LogP contribution in [0.3, 0.4) is 0 Å². The number of rotatable bonds is 3. The molecule has 1 fully saturated rings. The molecule has 1 saturated heterocycles. The summed E-state index contributed by atoms with van der Waals surface area (Å²) in [5.41, 5.74) is 2.44. The predicted octanol–water partition coefficient (Wildman–Crippen LogP) is 1.99. The fourth-order valence-electron chi connectivity index (χ4n) is 2.80. The van der Waals surface area contributed by atoms with Gasteiger partial charge in [0.05, 0.1) is 13.2 Å². The first-order valence-electron chi connectivity index (χ1n) is 7.41. The smallest absolute Gasteiger partial charge is 0.317 e. The fourth-order valence-corrected chi connectivity index (χ4v) is 2.80. The van der Waals surface area contributed by atoms with Crippen LogP contribution in [0.2, 0.25) is 0 Å². The Balaban J connectivity index is 1.59. The Bertz CT molecular complexity index is 629. The van der Waals surface area contributed by atoms with Gasteiger partial charge in [0.1, 0.15) is 0 Å². The van der Waals surface area contributed by atoms with E-state index >= 15 is 0 Å². The number of nitrogens with zero attached hydrogens (tertiary/aromatic N) is 2. The van der Waals surface area contributed by atoms with E-state index in [4.69, 9.17) is 4.74 Å². The lowest BCUT2D eigenvalue weighted by Crippen LogP contribution is -2.46. The number of morpholine rings is 1. The van der Waals surface area contributed by atoms with Gasteiger partial charge in [-0.1, -0.05) is 18.2 Å². The molecule has 0 bridgehead atoms. The standard InChI is InChI=1S/C16H21N3O2/c1-13-12-14-4-2-3-5-15(14)19(13)7-6-17-16(20)18-8-10-21-11-9-18/h2-5,12H,6-11H2,1H3,(H,17,20). The minimum absolute atomic E-state index is 0.00687. The van der Waals surface area contributed by atoms with E-state index in [0.29, 0.717) is 32.8 Å². The molecule has 2 aromatic rings. The summed E-state index contributed by atoms with van der Waals surface area (Å²) in [6.45, 7) is 6.15. The summed E-state index contributed by atoms with van der Waals surface area (Å²) in [7, 11) is 0. The normalized spacial score (nSPS) is 15.4. The third-order valence-electron chi connectivity index (χ3n) is 3.93. The molecular formula is C16H21N3O2. The number of amides is 2. The van der Waals surface area contributed by atoms with Crippen molar-refractivity contribution in [3.05, 3.63) is 36.0 Å². The van der Waals surface area contributed by atoms with Crippen LogP contribution in [0.5, 0.6) is 0 Å². The number of para-hydroxylation sites is 1. The number of hydrogen-bond donors (Lipinski definition) is 1. The Morgan fingerprint density at radius 1 is 1.29 bits per heavy atom. The van der Waals surface area contributed by atoms with Crippen LogP contribution in [0.1, 0.15) is 5.69 Å². The monoisotopic (exact) mass is 287 g/mol. The zero-order valence-electron chi connectivity index (χ0n) is 12.3. The van der Waals surface area contributed by atoms with E-state index in [9.17, 15) is 4.79 Å². The van der Waals surface area contributed by atoms with Crippen molar-refractivity contribution in [3.63, 3.8) is 0 Å². The molecule has 3 rings (SSSR count). The number of hydrogen-bond acceptors (Lipinski definition) is 2. The summed E-state index contributed by atoms with van der Waals surface area (Å²) in [5, 5.41) is 4.24. The van der Waals surface area contributed by atoms with Gasteiger partial charge in [-0.2, -0.15) is 0 Å². The van der Waals surface area contributed by atoms with Crippen molar-refractivity contribution in [2.45, 2.75) is 13.5 Å². The van der Waals surface area contributed by atoms with Gasteiger partial charge >= 0.3 is 6.03 Å². The number of nitrogens with one attached hydrogen (secondary N) is 1. The summed E-state index contributed by atoms with van der Waals surface area (Å²) in [6.07, 6.45) is 0. The van der Waals surface area contributed by atoms with Crippen LogP contribution in [-0.4, -0.2) is 48.3 Å². The lowest BCUT2D eigenvalue weighted by Gasteiger charge is -2.27. The van der Waals surface area contributed by atoms with E-state index in [1.54, 1.807) is 0 Å². The first-order chi connectivity index (χ1) is 10.3. The van der Waals surface area contributed by atoms with E-state index in [0.717, 1.165) is 6.54 Å². The SMILES string of the molecule is Cc1cc2ccccc2n1CCNC(=O)N1CCOCC1. The first kappa shape index (κ1) is 13.9. The molecular weight excluding hydrogens is 266 g/mol. The van der Waals surface area contributed by atoms with Crippen LogP contribution < -0.4 is 5.32 Å². The number of carbonyl (C=O) groups excluding carboxylic acids is 1. The number of urea groups is 1. The Kier molecular flexibility index (Phi) is 4.10. The average molecular weight is 287 g/mol. The minimum atomic E-state index is 0.00687. The van der Waals surface area contributed by atoms with Crippen molar-refractivity contribution < 1.29 is 9.53 Å².